The predicted molar refractivity (Wildman–Crippen MR) is 92.7 cm³/mol. The van der Waals surface area contributed by atoms with Crippen LogP contribution in [0.5, 0.6) is 0 Å². The van der Waals surface area contributed by atoms with E-state index < -0.39 is 5.60 Å². The molecule has 1 saturated carbocycles. The van der Waals surface area contributed by atoms with E-state index in [9.17, 15) is 4.79 Å². The van der Waals surface area contributed by atoms with Gasteiger partial charge in [-0.15, -0.1) is 0 Å². The van der Waals surface area contributed by atoms with E-state index in [0.717, 1.165) is 0 Å². The van der Waals surface area contributed by atoms with Crippen molar-refractivity contribution in [3.05, 3.63) is 0 Å². The number of nitrogens with zero attached hydrogens (tertiary/aromatic N) is 1. The van der Waals surface area contributed by atoms with Crippen LogP contribution in [0.2, 0.25) is 0 Å². The van der Waals surface area contributed by atoms with Gasteiger partial charge >= 0.3 is 5.97 Å². The fraction of sp³-hybridized carbons (Fsp3) is 0.882. The van der Waals surface area contributed by atoms with Crippen LogP contribution in [0.25, 0.3) is 0 Å². The normalized spacial score (nSPS) is 17.5. The summed E-state index contributed by atoms with van der Waals surface area (Å²) in [5.41, 5.74) is -0.470. The molecule has 0 amide bonds. The highest BCUT2D eigenvalue weighted by atomic mass is 16.6. The molecule has 0 radical (unpaired) electrons. The highest BCUT2D eigenvalue weighted by molar-refractivity contribution is 5.84. The molecule has 1 aliphatic carbocycles. The smallest absolute Gasteiger partial charge is 0.325 e. The Balaban J connectivity index is 2.15. The molecule has 0 heterocycles. The maximum absolute atomic E-state index is 11.7. The number of esters is 1. The monoisotopic (exact) mass is 327 g/mol. The van der Waals surface area contributed by atoms with Gasteiger partial charge in [0.25, 0.3) is 0 Å². The molecular formula is C17H33N3O3. The topological polar surface area (TPSA) is 72.0 Å². The van der Waals surface area contributed by atoms with Crippen molar-refractivity contribution in [3.63, 3.8) is 0 Å². The summed E-state index contributed by atoms with van der Waals surface area (Å²) in [6.07, 6.45) is 7.96. The second-order valence-electron chi connectivity index (χ2n) is 6.92. The van der Waals surface area contributed by atoms with Gasteiger partial charge in [-0.25, -0.2) is 0 Å². The molecule has 23 heavy (non-hydrogen) atoms. The van der Waals surface area contributed by atoms with Crippen molar-refractivity contribution in [3.8, 4) is 0 Å². The van der Waals surface area contributed by atoms with Gasteiger partial charge in [-0.05, 0) is 33.6 Å². The summed E-state index contributed by atoms with van der Waals surface area (Å²) >= 11 is 0. The first-order valence-corrected chi connectivity index (χ1v) is 8.68. The van der Waals surface area contributed by atoms with Crippen LogP contribution in [0.4, 0.5) is 0 Å². The lowest BCUT2D eigenvalue weighted by molar-refractivity contribution is -0.153. The van der Waals surface area contributed by atoms with Crippen molar-refractivity contribution < 1.29 is 14.3 Å². The first-order chi connectivity index (χ1) is 10.9. The number of rotatable bonds is 6. The zero-order valence-electron chi connectivity index (χ0n) is 15.1. The van der Waals surface area contributed by atoms with Gasteiger partial charge in [-0.2, -0.15) is 0 Å². The van der Waals surface area contributed by atoms with Crippen molar-refractivity contribution in [2.24, 2.45) is 4.99 Å². The van der Waals surface area contributed by atoms with Gasteiger partial charge in [0.15, 0.2) is 5.96 Å². The maximum Gasteiger partial charge on any atom is 0.325 e. The Bertz CT molecular complexity index is 370. The Morgan fingerprint density at radius 3 is 2.35 bits per heavy atom. The molecule has 6 nitrogen and oxygen atoms in total. The van der Waals surface area contributed by atoms with E-state index >= 15 is 0 Å². The molecule has 1 rings (SSSR count). The molecule has 0 aromatic carbocycles. The molecule has 0 bridgehead atoms. The van der Waals surface area contributed by atoms with Gasteiger partial charge in [0.2, 0.25) is 0 Å². The van der Waals surface area contributed by atoms with Crippen molar-refractivity contribution in [1.82, 2.24) is 10.6 Å². The molecule has 0 atom stereocenters. The van der Waals surface area contributed by atoms with E-state index in [4.69, 9.17) is 9.47 Å². The molecule has 0 aromatic heterocycles. The fourth-order valence-electron chi connectivity index (χ4n) is 2.56. The van der Waals surface area contributed by atoms with Crippen LogP contribution in [-0.4, -0.2) is 50.4 Å². The third-order valence-electron chi connectivity index (χ3n) is 3.59. The van der Waals surface area contributed by atoms with Crippen molar-refractivity contribution in [2.75, 3.05) is 26.7 Å². The third-order valence-corrected chi connectivity index (χ3v) is 3.59. The van der Waals surface area contributed by atoms with Gasteiger partial charge < -0.3 is 20.1 Å². The lowest BCUT2D eigenvalue weighted by Crippen LogP contribution is -2.42. The molecular weight excluding hydrogens is 294 g/mol. The van der Waals surface area contributed by atoms with Crippen LogP contribution in [-0.2, 0) is 14.3 Å². The summed E-state index contributed by atoms with van der Waals surface area (Å²) in [7, 11) is 1.68. The summed E-state index contributed by atoms with van der Waals surface area (Å²) in [6, 6.07) is 0. The fourth-order valence-corrected chi connectivity index (χ4v) is 2.56. The van der Waals surface area contributed by atoms with Crippen molar-refractivity contribution in [2.45, 2.75) is 71.0 Å². The third kappa shape index (κ3) is 10.2. The second-order valence-corrected chi connectivity index (χ2v) is 6.92. The Hall–Kier alpha value is -1.30. The minimum absolute atomic E-state index is 0.0976. The van der Waals surface area contributed by atoms with Crippen molar-refractivity contribution >= 4 is 11.9 Å². The molecule has 1 aliphatic rings. The number of hydrogen-bond acceptors (Lipinski definition) is 4. The van der Waals surface area contributed by atoms with Gasteiger partial charge in [0.1, 0.15) is 12.1 Å². The summed E-state index contributed by atoms with van der Waals surface area (Å²) in [6.45, 7) is 6.97. The number of carbonyl (C=O) groups excluding carboxylic acids is 1. The first-order valence-electron chi connectivity index (χ1n) is 8.68. The maximum atomic E-state index is 11.7. The number of nitrogens with one attached hydrogen (secondary N) is 2. The van der Waals surface area contributed by atoms with E-state index in [1.54, 1.807) is 7.05 Å². The molecule has 0 spiro atoms. The first kappa shape index (κ1) is 19.7. The highest BCUT2D eigenvalue weighted by Gasteiger charge is 2.16. The number of carbonyl (C=O) groups is 1. The molecule has 2 N–H and O–H groups in total. The Morgan fingerprint density at radius 2 is 1.78 bits per heavy atom. The lowest BCUT2D eigenvalue weighted by Gasteiger charge is -2.20. The van der Waals surface area contributed by atoms with Crippen LogP contribution in [0, 0.1) is 0 Å². The average molecular weight is 327 g/mol. The van der Waals surface area contributed by atoms with E-state index in [2.05, 4.69) is 15.6 Å². The van der Waals surface area contributed by atoms with Crippen LogP contribution in [0.3, 0.4) is 0 Å². The van der Waals surface area contributed by atoms with E-state index in [0.29, 0.717) is 25.2 Å². The van der Waals surface area contributed by atoms with Gasteiger partial charge in [-0.3, -0.25) is 9.79 Å². The summed E-state index contributed by atoms with van der Waals surface area (Å²) in [4.78, 5) is 15.7. The van der Waals surface area contributed by atoms with Crippen LogP contribution in [0.1, 0.15) is 59.3 Å². The summed E-state index contributed by atoms with van der Waals surface area (Å²) in [5, 5.41) is 6.10. The van der Waals surface area contributed by atoms with Crippen molar-refractivity contribution in [1.29, 1.82) is 0 Å². The molecule has 1 fully saturated rings. The van der Waals surface area contributed by atoms with E-state index in [-0.39, 0.29) is 12.5 Å². The summed E-state index contributed by atoms with van der Waals surface area (Å²) in [5.74, 6) is 0.287. The number of hydrogen-bond donors (Lipinski definition) is 2. The van der Waals surface area contributed by atoms with Crippen LogP contribution in [0.15, 0.2) is 4.99 Å². The number of aliphatic imine (C=N–C) groups is 1. The van der Waals surface area contributed by atoms with Crippen LogP contribution >= 0.6 is 0 Å². The molecule has 0 aliphatic heterocycles. The van der Waals surface area contributed by atoms with E-state index in [1.807, 2.05) is 20.8 Å². The minimum atomic E-state index is -0.470. The predicted octanol–water partition coefficient (Wildman–Crippen LogP) is 2.23. The summed E-state index contributed by atoms with van der Waals surface area (Å²) < 4.78 is 11.2. The Kier molecular flexibility index (Phi) is 8.99. The van der Waals surface area contributed by atoms with Gasteiger partial charge in [0, 0.05) is 13.6 Å². The molecule has 0 saturated heterocycles. The van der Waals surface area contributed by atoms with Crippen LogP contribution < -0.4 is 10.6 Å². The lowest BCUT2D eigenvalue weighted by atomic mass is 10.1. The minimum Gasteiger partial charge on any atom is -0.459 e. The zero-order chi connectivity index (χ0) is 17.1. The largest absolute Gasteiger partial charge is 0.459 e. The quantitative estimate of drug-likeness (QED) is 0.257. The standard InChI is InChI=1S/C17H33N3O3/c1-17(2,3)23-15(21)13-20-16(18-4)19-11-12-22-14-9-7-5-6-8-10-14/h14H,5-13H2,1-4H3,(H2,18,19,20). The molecule has 6 heteroatoms. The van der Waals surface area contributed by atoms with Gasteiger partial charge in [0.05, 0.1) is 12.7 Å². The Labute approximate surface area is 140 Å². The molecule has 134 valence electrons. The molecule has 0 aromatic rings. The molecule has 0 unspecified atom stereocenters. The SMILES string of the molecule is CN=C(NCCOC1CCCCCC1)NCC(=O)OC(C)(C)C. The number of guanidine groups is 1. The van der Waals surface area contributed by atoms with Gasteiger partial charge in [-0.1, -0.05) is 25.7 Å². The Morgan fingerprint density at radius 1 is 1.13 bits per heavy atom. The number of ether oxygens (including phenoxy) is 2. The zero-order valence-corrected chi connectivity index (χ0v) is 15.1. The highest BCUT2D eigenvalue weighted by Crippen LogP contribution is 2.19. The van der Waals surface area contributed by atoms with E-state index in [1.165, 1.54) is 38.5 Å². The average Bonchev–Trinajstić information content (AvgIpc) is 2.73. The second kappa shape index (κ2) is 10.5.